The maximum atomic E-state index is 3.75. The summed E-state index contributed by atoms with van der Waals surface area (Å²) in [7, 11) is 0. The Morgan fingerprint density at radius 3 is 2.38 bits per heavy atom. The molecule has 0 aromatic rings. The van der Waals surface area contributed by atoms with Crippen molar-refractivity contribution in [1.82, 2.24) is 10.2 Å². The van der Waals surface area contributed by atoms with Crippen molar-refractivity contribution >= 4 is 0 Å². The van der Waals surface area contributed by atoms with Crippen molar-refractivity contribution < 1.29 is 0 Å². The largest absolute Gasteiger partial charge is 0.314 e. The highest BCUT2D eigenvalue weighted by atomic mass is 15.1. The first-order valence-electron chi connectivity index (χ1n) is 7.25. The van der Waals surface area contributed by atoms with Crippen molar-refractivity contribution in [2.45, 2.75) is 58.9 Å². The van der Waals surface area contributed by atoms with Gasteiger partial charge in [-0.15, -0.1) is 0 Å². The first kappa shape index (κ1) is 14.0. The number of nitrogens with one attached hydrogen (secondary N) is 1. The van der Waals surface area contributed by atoms with Gasteiger partial charge in [-0.2, -0.15) is 0 Å². The lowest BCUT2D eigenvalue weighted by molar-refractivity contribution is 0.187. The molecule has 1 aliphatic rings. The van der Waals surface area contributed by atoms with E-state index in [0.29, 0.717) is 0 Å². The van der Waals surface area contributed by atoms with Gasteiger partial charge in [0, 0.05) is 6.04 Å². The molecule has 1 aliphatic heterocycles. The maximum absolute atomic E-state index is 3.75. The van der Waals surface area contributed by atoms with Gasteiger partial charge >= 0.3 is 0 Å². The quantitative estimate of drug-likeness (QED) is 0.718. The fourth-order valence-corrected chi connectivity index (χ4v) is 2.64. The van der Waals surface area contributed by atoms with Crippen LogP contribution in [0.15, 0.2) is 0 Å². The van der Waals surface area contributed by atoms with Gasteiger partial charge in [0.1, 0.15) is 0 Å². The summed E-state index contributed by atoms with van der Waals surface area (Å²) in [6.45, 7) is 12.0. The van der Waals surface area contributed by atoms with E-state index < -0.39 is 0 Å². The van der Waals surface area contributed by atoms with Crippen LogP contribution in [0.4, 0.5) is 0 Å². The lowest BCUT2D eigenvalue weighted by Crippen LogP contribution is -2.39. The fraction of sp³-hybridized carbons (Fsp3) is 1.00. The molecule has 1 unspecified atom stereocenters. The predicted molar refractivity (Wildman–Crippen MR) is 71.8 cm³/mol. The van der Waals surface area contributed by atoms with E-state index in [1.165, 1.54) is 58.3 Å². The van der Waals surface area contributed by atoms with Crippen LogP contribution in [0.25, 0.3) is 0 Å². The van der Waals surface area contributed by atoms with Crippen molar-refractivity contribution in [2.24, 2.45) is 5.92 Å². The van der Waals surface area contributed by atoms with Crippen LogP contribution >= 0.6 is 0 Å². The maximum Gasteiger partial charge on any atom is 0.00644 e. The molecule has 1 N–H and O–H groups in total. The van der Waals surface area contributed by atoms with E-state index in [0.717, 1.165) is 12.0 Å². The van der Waals surface area contributed by atoms with Crippen LogP contribution in [0.2, 0.25) is 0 Å². The number of piperidine rings is 1. The Morgan fingerprint density at radius 2 is 1.88 bits per heavy atom. The number of likely N-dealkylation sites (tertiary alicyclic amines) is 1. The third-order valence-corrected chi connectivity index (χ3v) is 3.98. The van der Waals surface area contributed by atoms with Gasteiger partial charge in [0.05, 0.1) is 0 Å². The second-order valence-corrected chi connectivity index (χ2v) is 5.18. The number of hydrogen-bond acceptors (Lipinski definition) is 2. The summed E-state index contributed by atoms with van der Waals surface area (Å²) in [5.74, 6) is 0.925. The molecule has 0 aromatic carbocycles. The summed E-state index contributed by atoms with van der Waals surface area (Å²) in [5.41, 5.74) is 0. The summed E-state index contributed by atoms with van der Waals surface area (Å²) in [6.07, 6.45) is 6.71. The summed E-state index contributed by atoms with van der Waals surface area (Å²) in [4.78, 5) is 2.57. The molecule has 0 saturated carbocycles. The van der Waals surface area contributed by atoms with E-state index in [9.17, 15) is 0 Å². The van der Waals surface area contributed by atoms with Crippen LogP contribution in [0.1, 0.15) is 52.9 Å². The van der Waals surface area contributed by atoms with E-state index in [1.54, 1.807) is 0 Å². The second kappa shape index (κ2) is 8.08. The molecule has 0 spiro atoms. The lowest BCUT2D eigenvalue weighted by Gasteiger charge is -2.32. The van der Waals surface area contributed by atoms with Crippen molar-refractivity contribution in [2.75, 3.05) is 26.2 Å². The highest BCUT2D eigenvalue weighted by Gasteiger charge is 2.18. The molecule has 2 heteroatoms. The smallest absolute Gasteiger partial charge is 0.00644 e. The molecular formula is C14H30N2. The molecule has 1 rings (SSSR count). The van der Waals surface area contributed by atoms with Crippen LogP contribution in [-0.2, 0) is 0 Å². The van der Waals surface area contributed by atoms with Crippen molar-refractivity contribution in [3.05, 3.63) is 0 Å². The molecule has 1 heterocycles. The molecule has 1 atom stereocenters. The molecule has 0 radical (unpaired) electrons. The van der Waals surface area contributed by atoms with Gasteiger partial charge in [-0.05, 0) is 57.8 Å². The van der Waals surface area contributed by atoms with Crippen LogP contribution in [-0.4, -0.2) is 37.1 Å². The number of rotatable bonds is 7. The van der Waals surface area contributed by atoms with Crippen molar-refractivity contribution in [1.29, 1.82) is 0 Å². The van der Waals surface area contributed by atoms with E-state index in [4.69, 9.17) is 0 Å². The van der Waals surface area contributed by atoms with Crippen LogP contribution < -0.4 is 5.32 Å². The Labute approximate surface area is 102 Å². The molecule has 1 fully saturated rings. The van der Waals surface area contributed by atoms with Gasteiger partial charge in [0.15, 0.2) is 0 Å². The van der Waals surface area contributed by atoms with E-state index in [2.05, 4.69) is 31.0 Å². The second-order valence-electron chi connectivity index (χ2n) is 5.18. The molecule has 0 bridgehead atoms. The van der Waals surface area contributed by atoms with E-state index in [1.807, 2.05) is 0 Å². The minimum atomic E-state index is 0.759. The fourth-order valence-electron chi connectivity index (χ4n) is 2.64. The van der Waals surface area contributed by atoms with Gasteiger partial charge in [0.2, 0.25) is 0 Å². The molecule has 1 saturated heterocycles. The Kier molecular flexibility index (Phi) is 7.06. The molecule has 96 valence electrons. The Bertz CT molecular complexity index is 162. The van der Waals surface area contributed by atoms with Gasteiger partial charge < -0.3 is 10.2 Å². The number of hydrogen-bond donors (Lipinski definition) is 1. The zero-order valence-electron chi connectivity index (χ0n) is 11.5. The van der Waals surface area contributed by atoms with Crippen LogP contribution in [0.3, 0.4) is 0 Å². The van der Waals surface area contributed by atoms with Crippen LogP contribution in [0.5, 0.6) is 0 Å². The summed E-state index contributed by atoms with van der Waals surface area (Å²) in [6, 6.07) is 0.759. The standard InChI is InChI=1S/C14H30N2/c1-4-7-14(5-2)15-12-13-8-10-16(6-3)11-9-13/h13-15H,4-12H2,1-3H3. The van der Waals surface area contributed by atoms with E-state index >= 15 is 0 Å². The van der Waals surface area contributed by atoms with Gasteiger partial charge in [-0.25, -0.2) is 0 Å². The highest BCUT2D eigenvalue weighted by molar-refractivity contribution is 4.75. The van der Waals surface area contributed by atoms with E-state index in [-0.39, 0.29) is 0 Å². The van der Waals surface area contributed by atoms with Crippen molar-refractivity contribution in [3.8, 4) is 0 Å². The van der Waals surface area contributed by atoms with Crippen molar-refractivity contribution in [3.63, 3.8) is 0 Å². The summed E-state index contributed by atoms with van der Waals surface area (Å²) >= 11 is 0. The first-order chi connectivity index (χ1) is 7.80. The van der Waals surface area contributed by atoms with Crippen LogP contribution in [0, 0.1) is 5.92 Å². The summed E-state index contributed by atoms with van der Waals surface area (Å²) in [5, 5.41) is 3.75. The SMILES string of the molecule is CCCC(CC)NCC1CCN(CC)CC1. The minimum Gasteiger partial charge on any atom is -0.314 e. The number of nitrogens with zero attached hydrogens (tertiary/aromatic N) is 1. The summed E-state index contributed by atoms with van der Waals surface area (Å²) < 4.78 is 0. The minimum absolute atomic E-state index is 0.759. The normalized spacial score (nSPS) is 21.2. The zero-order valence-corrected chi connectivity index (χ0v) is 11.5. The molecule has 16 heavy (non-hydrogen) atoms. The molecule has 0 aromatic heterocycles. The third kappa shape index (κ3) is 4.84. The third-order valence-electron chi connectivity index (χ3n) is 3.98. The van der Waals surface area contributed by atoms with Gasteiger partial charge in [-0.1, -0.05) is 27.2 Å². The Hall–Kier alpha value is -0.0800. The molecule has 0 amide bonds. The zero-order chi connectivity index (χ0) is 11.8. The topological polar surface area (TPSA) is 15.3 Å². The molecule has 0 aliphatic carbocycles. The predicted octanol–water partition coefficient (Wildman–Crippen LogP) is 2.89. The highest BCUT2D eigenvalue weighted by Crippen LogP contribution is 2.16. The molecular weight excluding hydrogens is 196 g/mol. The average molecular weight is 226 g/mol. The Morgan fingerprint density at radius 1 is 1.19 bits per heavy atom. The lowest BCUT2D eigenvalue weighted by atomic mass is 9.96. The Balaban J connectivity index is 2.13. The van der Waals surface area contributed by atoms with Gasteiger partial charge in [-0.3, -0.25) is 0 Å². The molecule has 2 nitrogen and oxygen atoms in total. The monoisotopic (exact) mass is 226 g/mol. The average Bonchev–Trinajstić information content (AvgIpc) is 2.35. The first-order valence-corrected chi connectivity index (χ1v) is 7.25. The van der Waals surface area contributed by atoms with Gasteiger partial charge in [0.25, 0.3) is 0 Å².